The lowest BCUT2D eigenvalue weighted by atomic mass is 10.2. The van der Waals surface area contributed by atoms with E-state index in [1.165, 1.54) is 11.3 Å². The van der Waals surface area contributed by atoms with Crippen LogP contribution in [-0.4, -0.2) is 45.6 Å². The molecule has 1 fully saturated rings. The smallest absolute Gasteiger partial charge is 0.244 e. The Morgan fingerprint density at radius 1 is 1.52 bits per heavy atom. The van der Waals surface area contributed by atoms with Crippen LogP contribution >= 0.6 is 11.3 Å². The van der Waals surface area contributed by atoms with Gasteiger partial charge in [-0.05, 0) is 32.9 Å². The van der Waals surface area contributed by atoms with Gasteiger partial charge in [0.1, 0.15) is 0 Å². The van der Waals surface area contributed by atoms with Gasteiger partial charge in [-0.1, -0.05) is 6.92 Å². The van der Waals surface area contributed by atoms with Crippen LogP contribution in [0.25, 0.3) is 0 Å². The first-order valence-corrected chi connectivity index (χ1v) is 9.60. The number of sulfonamides is 1. The van der Waals surface area contributed by atoms with Crippen LogP contribution in [0.3, 0.4) is 0 Å². The molecule has 1 aliphatic rings. The van der Waals surface area contributed by atoms with Crippen LogP contribution in [0.4, 0.5) is 0 Å². The normalized spacial score (nSPS) is 19.5. The highest BCUT2D eigenvalue weighted by atomic mass is 32.2. The van der Waals surface area contributed by atoms with E-state index in [1.54, 1.807) is 10.4 Å². The lowest BCUT2D eigenvalue weighted by Crippen LogP contribution is -2.37. The third kappa shape index (κ3) is 3.84. The van der Waals surface area contributed by atoms with Crippen molar-refractivity contribution >= 4 is 21.4 Å². The minimum atomic E-state index is -3.43. The van der Waals surface area contributed by atoms with Gasteiger partial charge in [-0.25, -0.2) is 8.42 Å². The molecular formula is C14H24N2O3S2. The highest BCUT2D eigenvalue weighted by Crippen LogP contribution is 2.29. The largest absolute Gasteiger partial charge is 0.377 e. The molecule has 21 heavy (non-hydrogen) atoms. The molecule has 1 saturated heterocycles. The van der Waals surface area contributed by atoms with E-state index in [9.17, 15) is 8.42 Å². The van der Waals surface area contributed by atoms with Crippen molar-refractivity contribution in [2.24, 2.45) is 0 Å². The molecule has 1 aromatic heterocycles. The van der Waals surface area contributed by atoms with Crippen molar-refractivity contribution in [2.75, 3.05) is 26.7 Å². The van der Waals surface area contributed by atoms with E-state index in [4.69, 9.17) is 4.74 Å². The summed E-state index contributed by atoms with van der Waals surface area (Å²) < 4.78 is 32.8. The number of likely N-dealkylation sites (N-methyl/N-ethyl adjacent to an activating group) is 1. The Labute approximate surface area is 131 Å². The lowest BCUT2D eigenvalue weighted by Gasteiger charge is -2.23. The highest BCUT2D eigenvalue weighted by Gasteiger charge is 2.30. The Morgan fingerprint density at radius 3 is 2.86 bits per heavy atom. The van der Waals surface area contributed by atoms with E-state index in [2.05, 4.69) is 5.32 Å². The summed E-state index contributed by atoms with van der Waals surface area (Å²) in [6, 6.07) is 1.80. The first-order valence-electron chi connectivity index (χ1n) is 7.34. The van der Waals surface area contributed by atoms with Gasteiger partial charge in [0.15, 0.2) is 0 Å². The molecular weight excluding hydrogens is 308 g/mol. The SMILES string of the molecule is CCN(CC1CCCO1)S(=O)(=O)c1cc(CNC)sc1C. The molecule has 1 atom stereocenters. The zero-order valence-electron chi connectivity index (χ0n) is 12.9. The summed E-state index contributed by atoms with van der Waals surface area (Å²) in [5.74, 6) is 0. The van der Waals surface area contributed by atoms with Crippen LogP contribution in [0.1, 0.15) is 29.5 Å². The quantitative estimate of drug-likeness (QED) is 0.829. The predicted octanol–water partition coefficient (Wildman–Crippen LogP) is 1.97. The molecule has 1 N–H and O–H groups in total. The fourth-order valence-electron chi connectivity index (χ4n) is 2.59. The Morgan fingerprint density at radius 2 is 2.29 bits per heavy atom. The van der Waals surface area contributed by atoms with E-state index in [0.29, 0.717) is 24.5 Å². The standard InChI is InChI=1S/C14H24N2O3S2/c1-4-16(10-12-6-5-7-19-12)21(17,18)14-8-13(9-15-3)20-11(14)2/h8,12,15H,4-7,9-10H2,1-3H3. The minimum absolute atomic E-state index is 0.0374. The van der Waals surface area contributed by atoms with Gasteiger partial charge in [0.25, 0.3) is 0 Å². The highest BCUT2D eigenvalue weighted by molar-refractivity contribution is 7.89. The summed E-state index contributed by atoms with van der Waals surface area (Å²) in [7, 11) is -1.57. The van der Waals surface area contributed by atoms with Crippen molar-refractivity contribution in [2.45, 2.75) is 44.2 Å². The minimum Gasteiger partial charge on any atom is -0.377 e. The fraction of sp³-hybridized carbons (Fsp3) is 0.714. The van der Waals surface area contributed by atoms with Crippen LogP contribution in [-0.2, 0) is 21.3 Å². The second-order valence-electron chi connectivity index (χ2n) is 5.25. The van der Waals surface area contributed by atoms with Gasteiger partial charge in [-0.3, -0.25) is 0 Å². The van der Waals surface area contributed by atoms with E-state index in [0.717, 1.165) is 29.2 Å². The molecule has 1 unspecified atom stereocenters. The zero-order chi connectivity index (χ0) is 15.5. The maximum Gasteiger partial charge on any atom is 0.244 e. The van der Waals surface area contributed by atoms with Crippen molar-refractivity contribution in [3.63, 3.8) is 0 Å². The van der Waals surface area contributed by atoms with Gasteiger partial charge in [-0.15, -0.1) is 11.3 Å². The van der Waals surface area contributed by atoms with Crippen molar-refractivity contribution in [1.82, 2.24) is 9.62 Å². The second kappa shape index (κ2) is 7.19. The number of rotatable bonds is 7. The molecule has 1 aromatic rings. The first-order chi connectivity index (χ1) is 9.98. The molecule has 2 heterocycles. The lowest BCUT2D eigenvalue weighted by molar-refractivity contribution is 0.0947. The molecule has 2 rings (SSSR count). The van der Waals surface area contributed by atoms with Crippen molar-refractivity contribution in [1.29, 1.82) is 0 Å². The average Bonchev–Trinajstić information content (AvgIpc) is 3.06. The number of nitrogens with one attached hydrogen (secondary N) is 1. The summed E-state index contributed by atoms with van der Waals surface area (Å²) in [5, 5.41) is 3.06. The molecule has 7 heteroatoms. The molecule has 0 amide bonds. The van der Waals surface area contributed by atoms with E-state index in [-0.39, 0.29) is 6.10 Å². The van der Waals surface area contributed by atoms with Crippen LogP contribution in [0, 0.1) is 6.92 Å². The summed E-state index contributed by atoms with van der Waals surface area (Å²) in [4.78, 5) is 2.34. The van der Waals surface area contributed by atoms with Crippen LogP contribution in [0.15, 0.2) is 11.0 Å². The van der Waals surface area contributed by atoms with Crippen LogP contribution in [0.5, 0.6) is 0 Å². The molecule has 0 aromatic carbocycles. The van der Waals surface area contributed by atoms with Crippen molar-refractivity contribution in [3.05, 3.63) is 15.8 Å². The van der Waals surface area contributed by atoms with Gasteiger partial charge in [0.05, 0.1) is 11.0 Å². The summed E-state index contributed by atoms with van der Waals surface area (Å²) in [6.07, 6.45) is 2.00. The maximum absolute atomic E-state index is 12.8. The van der Waals surface area contributed by atoms with E-state index >= 15 is 0 Å². The Bertz CT molecular complexity index is 563. The Balaban J connectivity index is 2.21. The van der Waals surface area contributed by atoms with Gasteiger partial charge in [0.2, 0.25) is 10.0 Å². The van der Waals surface area contributed by atoms with Gasteiger partial charge in [-0.2, -0.15) is 4.31 Å². The summed E-state index contributed by atoms with van der Waals surface area (Å²) >= 11 is 1.54. The zero-order valence-corrected chi connectivity index (χ0v) is 14.5. The average molecular weight is 332 g/mol. The van der Waals surface area contributed by atoms with Gasteiger partial charge >= 0.3 is 0 Å². The second-order valence-corrected chi connectivity index (χ2v) is 8.50. The number of hydrogen-bond acceptors (Lipinski definition) is 5. The Hall–Kier alpha value is -0.470. The molecule has 0 aliphatic carbocycles. The molecule has 120 valence electrons. The summed E-state index contributed by atoms with van der Waals surface area (Å²) in [6.45, 7) is 6.11. The van der Waals surface area contributed by atoms with Crippen molar-refractivity contribution in [3.8, 4) is 0 Å². The molecule has 0 radical (unpaired) electrons. The third-order valence-electron chi connectivity index (χ3n) is 3.68. The van der Waals surface area contributed by atoms with Gasteiger partial charge < -0.3 is 10.1 Å². The number of thiophene rings is 1. The van der Waals surface area contributed by atoms with Crippen molar-refractivity contribution < 1.29 is 13.2 Å². The molecule has 0 bridgehead atoms. The number of aryl methyl sites for hydroxylation is 1. The maximum atomic E-state index is 12.8. The Kier molecular flexibility index (Phi) is 5.79. The molecule has 1 aliphatic heterocycles. The third-order valence-corrected chi connectivity index (χ3v) is 6.92. The molecule has 5 nitrogen and oxygen atoms in total. The number of nitrogens with zero attached hydrogens (tertiary/aromatic N) is 1. The van der Waals surface area contributed by atoms with E-state index in [1.807, 2.05) is 20.9 Å². The van der Waals surface area contributed by atoms with Gasteiger partial charge in [0, 0.05) is 36.0 Å². The molecule has 0 saturated carbocycles. The number of ether oxygens (including phenoxy) is 1. The fourth-order valence-corrected chi connectivity index (χ4v) is 5.69. The summed E-state index contributed by atoms with van der Waals surface area (Å²) in [5.41, 5.74) is 0. The topological polar surface area (TPSA) is 58.6 Å². The predicted molar refractivity (Wildman–Crippen MR) is 85.2 cm³/mol. The van der Waals surface area contributed by atoms with E-state index < -0.39 is 10.0 Å². The van der Waals surface area contributed by atoms with Crippen LogP contribution < -0.4 is 5.32 Å². The monoisotopic (exact) mass is 332 g/mol. The first kappa shape index (κ1) is 16.9. The molecule has 0 spiro atoms. The number of hydrogen-bond donors (Lipinski definition) is 1. The van der Waals surface area contributed by atoms with Crippen LogP contribution in [0.2, 0.25) is 0 Å².